The zero-order valence-electron chi connectivity index (χ0n) is 35.1. The first-order valence-electron chi connectivity index (χ1n) is 20.1. The molecule has 0 spiro atoms. The average molecular weight is 802 g/mol. The second kappa shape index (κ2) is 18.3. The summed E-state index contributed by atoms with van der Waals surface area (Å²) in [5.41, 5.74) is 9.21. The first-order chi connectivity index (χ1) is 28.1. The number of hydrogen-bond donors (Lipinski definition) is 3. The quantitative estimate of drug-likeness (QED) is 0.114. The summed E-state index contributed by atoms with van der Waals surface area (Å²) in [6, 6.07) is 19.5. The lowest BCUT2D eigenvalue weighted by Gasteiger charge is -2.29. The van der Waals surface area contributed by atoms with Crippen molar-refractivity contribution in [3.63, 3.8) is 0 Å². The van der Waals surface area contributed by atoms with Crippen molar-refractivity contribution in [1.82, 2.24) is 20.1 Å². The number of hydrogen-bond acceptors (Lipinski definition) is 8. The van der Waals surface area contributed by atoms with Crippen LogP contribution in [0.2, 0.25) is 0 Å². The largest absolute Gasteiger partial charge is 0.496 e. The fourth-order valence-electron chi connectivity index (χ4n) is 7.71. The van der Waals surface area contributed by atoms with Gasteiger partial charge in [0.25, 0.3) is 5.91 Å². The summed E-state index contributed by atoms with van der Waals surface area (Å²) in [7, 11) is 1.66. The van der Waals surface area contributed by atoms with E-state index in [0.29, 0.717) is 44.6 Å². The minimum absolute atomic E-state index is 0.0294. The van der Waals surface area contributed by atoms with Crippen molar-refractivity contribution < 1.29 is 33.8 Å². The lowest BCUT2D eigenvalue weighted by molar-refractivity contribution is -0.141. The second-order valence-corrected chi connectivity index (χ2v) is 16.6. The van der Waals surface area contributed by atoms with Gasteiger partial charge in [-0.3, -0.25) is 24.3 Å². The third-order valence-electron chi connectivity index (χ3n) is 11.0. The number of carboxylic acids is 1. The van der Waals surface area contributed by atoms with Crippen LogP contribution in [0.25, 0.3) is 23.3 Å². The van der Waals surface area contributed by atoms with E-state index in [1.165, 1.54) is 0 Å². The number of aryl methyl sites for hydroxylation is 1. The highest BCUT2D eigenvalue weighted by molar-refractivity contribution is 6.03. The fraction of sp³-hybridized carbons (Fsp3) is 0.383. The Balaban J connectivity index is 1.14. The summed E-state index contributed by atoms with van der Waals surface area (Å²) in [6.07, 6.45) is 7.03. The SMILES string of the molecule is COc1cc(/C=C/c2cccc(-c3cccc(NC(=O)c4ccc(CN(C[C@@H]5CCC(=O)N5)C(=O)OC(C)(C)C)cn4)c3C)c2C)c(C)cc1CN1CC[C@@H](C(=O)O)C1. The summed E-state index contributed by atoms with van der Waals surface area (Å²) in [6.45, 7) is 14.0. The summed E-state index contributed by atoms with van der Waals surface area (Å²) in [5.74, 6) is -0.675. The highest BCUT2D eigenvalue weighted by atomic mass is 16.6. The van der Waals surface area contributed by atoms with Crippen LogP contribution < -0.4 is 15.4 Å². The molecule has 2 saturated heterocycles. The molecule has 12 nitrogen and oxygen atoms in total. The van der Waals surface area contributed by atoms with Crippen molar-refractivity contribution in [3.8, 4) is 16.9 Å². The van der Waals surface area contributed by atoms with Crippen LogP contribution in [-0.4, -0.2) is 82.2 Å². The molecule has 6 rings (SSSR count). The van der Waals surface area contributed by atoms with Crippen LogP contribution in [0.3, 0.4) is 0 Å². The van der Waals surface area contributed by atoms with Crippen molar-refractivity contribution >= 4 is 41.7 Å². The first-order valence-corrected chi connectivity index (χ1v) is 20.1. The van der Waals surface area contributed by atoms with E-state index in [2.05, 4.69) is 64.7 Å². The number of rotatable bonds is 13. The third-order valence-corrected chi connectivity index (χ3v) is 11.0. The van der Waals surface area contributed by atoms with E-state index in [4.69, 9.17) is 9.47 Å². The Morgan fingerprint density at radius 2 is 1.71 bits per heavy atom. The molecular formula is C47H55N5O7. The predicted molar refractivity (Wildman–Crippen MR) is 229 cm³/mol. The number of benzene rings is 3. The molecule has 2 aliphatic heterocycles. The van der Waals surface area contributed by atoms with Gasteiger partial charge in [0, 0.05) is 49.5 Å². The van der Waals surface area contributed by atoms with Gasteiger partial charge in [-0.2, -0.15) is 0 Å². The number of likely N-dealkylation sites (tertiary alicyclic amines) is 1. The van der Waals surface area contributed by atoms with Gasteiger partial charge in [-0.25, -0.2) is 4.79 Å². The molecule has 0 unspecified atom stereocenters. The van der Waals surface area contributed by atoms with Crippen LogP contribution >= 0.6 is 0 Å². The molecule has 0 aliphatic carbocycles. The Bertz CT molecular complexity index is 2240. The number of amides is 3. The smallest absolute Gasteiger partial charge is 0.410 e. The molecule has 0 radical (unpaired) electrons. The van der Waals surface area contributed by atoms with Gasteiger partial charge in [-0.1, -0.05) is 54.6 Å². The molecule has 3 amide bonds. The molecule has 3 N–H and O–H groups in total. The first kappa shape index (κ1) is 42.6. The molecule has 2 atom stereocenters. The zero-order chi connectivity index (χ0) is 42.4. The van der Waals surface area contributed by atoms with Crippen LogP contribution in [0.1, 0.15) is 89.5 Å². The van der Waals surface area contributed by atoms with E-state index in [9.17, 15) is 24.3 Å². The molecule has 1 aromatic heterocycles. The van der Waals surface area contributed by atoms with Crippen LogP contribution in [0.5, 0.6) is 5.75 Å². The molecule has 0 bridgehead atoms. The summed E-state index contributed by atoms with van der Waals surface area (Å²) >= 11 is 0. The standard InChI is InChI=1S/C47H55N5O7/c1-29-22-36(27-51-21-20-35(26-51)45(55)56)42(58-7)23-34(29)16-15-33-10-8-11-38(30(33)2)39-12-9-13-40(31(39)3)50-44(54)41-18-14-32(24-48-41)25-52(46(57)59-47(4,5)6)28-37-17-19-43(53)49-37/h8-16,18,22-24,35,37H,17,19-21,25-28H2,1-7H3,(H,49,53)(H,50,54)(H,55,56)/b16-15+/t35-,37+/m1/s1. The van der Waals surface area contributed by atoms with Crippen molar-refractivity contribution in [3.05, 3.63) is 111 Å². The number of carbonyl (C=O) groups excluding carboxylic acids is 3. The average Bonchev–Trinajstić information content (AvgIpc) is 3.84. The van der Waals surface area contributed by atoms with Gasteiger partial charge in [0.05, 0.1) is 19.6 Å². The number of pyridine rings is 1. The van der Waals surface area contributed by atoms with Crippen LogP contribution in [0.15, 0.2) is 66.9 Å². The fourth-order valence-corrected chi connectivity index (χ4v) is 7.71. The summed E-state index contributed by atoms with van der Waals surface area (Å²) in [5, 5.41) is 15.4. The van der Waals surface area contributed by atoms with E-state index in [1.807, 2.05) is 58.0 Å². The Morgan fingerprint density at radius 3 is 2.36 bits per heavy atom. The summed E-state index contributed by atoms with van der Waals surface area (Å²) < 4.78 is 11.4. The van der Waals surface area contributed by atoms with Crippen molar-refractivity contribution in [2.75, 3.05) is 32.1 Å². The molecular weight excluding hydrogens is 747 g/mol. The van der Waals surface area contributed by atoms with E-state index < -0.39 is 17.7 Å². The topological polar surface area (TPSA) is 150 Å². The maximum atomic E-state index is 13.5. The Labute approximate surface area is 346 Å². The molecule has 12 heteroatoms. The Morgan fingerprint density at radius 1 is 0.983 bits per heavy atom. The van der Waals surface area contributed by atoms with Crippen LogP contribution in [0.4, 0.5) is 10.5 Å². The number of aromatic nitrogens is 1. The lowest BCUT2D eigenvalue weighted by Crippen LogP contribution is -2.43. The highest BCUT2D eigenvalue weighted by Crippen LogP contribution is 2.34. The van der Waals surface area contributed by atoms with Gasteiger partial charge in [0.2, 0.25) is 5.91 Å². The molecule has 2 fully saturated rings. The van der Waals surface area contributed by atoms with Crippen LogP contribution in [-0.2, 0) is 27.4 Å². The number of carbonyl (C=O) groups is 4. The molecule has 3 heterocycles. The number of anilines is 1. The maximum absolute atomic E-state index is 13.5. The second-order valence-electron chi connectivity index (χ2n) is 16.6. The van der Waals surface area contributed by atoms with Crippen molar-refractivity contribution in [2.45, 2.75) is 85.5 Å². The molecule has 0 saturated carbocycles. The normalized spacial score (nSPS) is 16.9. The van der Waals surface area contributed by atoms with E-state index in [-0.39, 0.29) is 36.0 Å². The minimum Gasteiger partial charge on any atom is -0.496 e. The van der Waals surface area contributed by atoms with E-state index >= 15 is 0 Å². The molecule has 59 heavy (non-hydrogen) atoms. The van der Waals surface area contributed by atoms with E-state index in [1.54, 1.807) is 30.3 Å². The number of aliphatic carboxylic acids is 1. The molecule has 2 aliphatic rings. The number of nitrogens with zero attached hydrogens (tertiary/aromatic N) is 3. The highest BCUT2D eigenvalue weighted by Gasteiger charge is 2.30. The lowest BCUT2D eigenvalue weighted by atomic mass is 9.92. The monoisotopic (exact) mass is 801 g/mol. The maximum Gasteiger partial charge on any atom is 0.410 e. The number of nitrogens with one attached hydrogen (secondary N) is 2. The zero-order valence-corrected chi connectivity index (χ0v) is 35.1. The molecule has 4 aromatic rings. The van der Waals surface area contributed by atoms with Gasteiger partial charge >= 0.3 is 12.1 Å². The number of carboxylic acid groups (broad SMARTS) is 1. The Hall–Kier alpha value is -6.01. The number of ether oxygens (including phenoxy) is 2. The van der Waals surface area contributed by atoms with Crippen molar-refractivity contribution in [2.24, 2.45) is 5.92 Å². The Kier molecular flexibility index (Phi) is 13.2. The molecule has 3 aromatic carbocycles. The van der Waals surface area contributed by atoms with Crippen molar-refractivity contribution in [1.29, 1.82) is 0 Å². The minimum atomic E-state index is -0.738. The number of methoxy groups -OCH3 is 1. The van der Waals surface area contributed by atoms with Gasteiger partial charge in [0.1, 0.15) is 17.0 Å². The summed E-state index contributed by atoms with van der Waals surface area (Å²) in [4.78, 5) is 58.0. The van der Waals surface area contributed by atoms with E-state index in [0.717, 1.165) is 62.4 Å². The predicted octanol–water partition coefficient (Wildman–Crippen LogP) is 8.03. The van der Waals surface area contributed by atoms with Gasteiger partial charge < -0.3 is 30.1 Å². The van der Waals surface area contributed by atoms with Gasteiger partial charge in [-0.05, 0) is 124 Å². The van der Waals surface area contributed by atoms with Gasteiger partial charge in [-0.15, -0.1) is 0 Å². The van der Waals surface area contributed by atoms with Gasteiger partial charge in [0.15, 0.2) is 0 Å². The van der Waals surface area contributed by atoms with Crippen LogP contribution in [0, 0.1) is 26.7 Å². The molecule has 310 valence electrons. The third kappa shape index (κ3) is 10.7.